The molecule has 102 valence electrons. The van der Waals surface area contributed by atoms with Crippen LogP contribution < -0.4 is 4.74 Å². The SMILES string of the molecule is COc1cc(-c2nnnn2C(C)CC(=O)O)nn1C. The fourth-order valence-electron chi connectivity index (χ4n) is 1.75. The molecular formula is C10H14N6O3. The van der Waals surface area contributed by atoms with Crippen LogP contribution in [0.25, 0.3) is 11.5 Å². The van der Waals surface area contributed by atoms with E-state index in [0.29, 0.717) is 17.4 Å². The molecule has 0 aromatic carbocycles. The van der Waals surface area contributed by atoms with E-state index in [2.05, 4.69) is 20.6 Å². The van der Waals surface area contributed by atoms with E-state index in [0.717, 1.165) is 0 Å². The molecule has 0 amide bonds. The van der Waals surface area contributed by atoms with E-state index in [1.54, 1.807) is 24.7 Å². The van der Waals surface area contributed by atoms with E-state index in [4.69, 9.17) is 9.84 Å². The summed E-state index contributed by atoms with van der Waals surface area (Å²) in [6.07, 6.45) is -0.0675. The van der Waals surface area contributed by atoms with Crippen molar-refractivity contribution in [3.63, 3.8) is 0 Å². The van der Waals surface area contributed by atoms with Crippen molar-refractivity contribution in [3.8, 4) is 17.4 Å². The molecule has 0 radical (unpaired) electrons. The van der Waals surface area contributed by atoms with E-state index in [1.807, 2.05) is 0 Å². The number of hydrogen-bond acceptors (Lipinski definition) is 6. The fourth-order valence-corrected chi connectivity index (χ4v) is 1.75. The first kappa shape index (κ1) is 13.0. The van der Waals surface area contributed by atoms with E-state index < -0.39 is 5.97 Å². The first-order valence-electron chi connectivity index (χ1n) is 5.61. The number of rotatable bonds is 5. The maximum Gasteiger partial charge on any atom is 0.305 e. The third kappa shape index (κ3) is 2.54. The summed E-state index contributed by atoms with van der Waals surface area (Å²) in [5.41, 5.74) is 0.529. The van der Waals surface area contributed by atoms with Crippen molar-refractivity contribution in [2.75, 3.05) is 7.11 Å². The van der Waals surface area contributed by atoms with Crippen molar-refractivity contribution < 1.29 is 14.6 Å². The lowest BCUT2D eigenvalue weighted by molar-refractivity contribution is -0.137. The molecule has 2 aromatic rings. The zero-order chi connectivity index (χ0) is 14.0. The smallest absolute Gasteiger partial charge is 0.305 e. The third-order valence-corrected chi connectivity index (χ3v) is 2.66. The number of hydrogen-bond donors (Lipinski definition) is 1. The van der Waals surface area contributed by atoms with Crippen molar-refractivity contribution in [2.24, 2.45) is 7.05 Å². The summed E-state index contributed by atoms with van der Waals surface area (Å²) in [7, 11) is 3.27. The number of carboxylic acid groups (broad SMARTS) is 1. The van der Waals surface area contributed by atoms with Crippen LogP contribution >= 0.6 is 0 Å². The Morgan fingerprint density at radius 3 is 2.89 bits per heavy atom. The highest BCUT2D eigenvalue weighted by Crippen LogP contribution is 2.23. The molecule has 2 aromatic heterocycles. The average molecular weight is 266 g/mol. The van der Waals surface area contributed by atoms with Crippen molar-refractivity contribution >= 4 is 5.97 Å². The highest BCUT2D eigenvalue weighted by molar-refractivity contribution is 5.67. The lowest BCUT2D eigenvalue weighted by Gasteiger charge is -2.09. The number of tetrazole rings is 1. The van der Waals surface area contributed by atoms with Gasteiger partial charge in [-0.05, 0) is 17.4 Å². The molecule has 0 aliphatic rings. The number of aliphatic carboxylic acids is 1. The monoisotopic (exact) mass is 266 g/mol. The zero-order valence-corrected chi connectivity index (χ0v) is 10.8. The van der Waals surface area contributed by atoms with E-state index in [1.165, 1.54) is 11.8 Å². The summed E-state index contributed by atoms with van der Waals surface area (Å²) in [5, 5.41) is 24.3. The highest BCUT2D eigenvalue weighted by Gasteiger charge is 2.20. The molecule has 1 N–H and O–H groups in total. The van der Waals surface area contributed by atoms with Crippen LogP contribution in [0.3, 0.4) is 0 Å². The molecule has 0 aliphatic carbocycles. The van der Waals surface area contributed by atoms with E-state index in [9.17, 15) is 4.79 Å². The highest BCUT2D eigenvalue weighted by atomic mass is 16.5. The maximum absolute atomic E-state index is 10.7. The Balaban J connectivity index is 2.35. The molecule has 9 nitrogen and oxygen atoms in total. The molecule has 0 aliphatic heterocycles. The van der Waals surface area contributed by atoms with Crippen molar-refractivity contribution in [1.82, 2.24) is 30.0 Å². The number of methoxy groups -OCH3 is 1. The van der Waals surface area contributed by atoms with Gasteiger partial charge in [-0.15, -0.1) is 5.10 Å². The van der Waals surface area contributed by atoms with Crippen LogP contribution in [-0.4, -0.2) is 48.2 Å². The minimum Gasteiger partial charge on any atom is -0.481 e. The molecule has 1 unspecified atom stereocenters. The van der Waals surface area contributed by atoms with Gasteiger partial charge in [0.2, 0.25) is 11.7 Å². The summed E-state index contributed by atoms with van der Waals surface area (Å²) < 4.78 is 8.11. The number of aromatic nitrogens is 6. The number of nitrogens with zero attached hydrogens (tertiary/aromatic N) is 6. The number of ether oxygens (including phenoxy) is 1. The molecule has 1 atom stereocenters. The number of carboxylic acids is 1. The van der Waals surface area contributed by atoms with E-state index >= 15 is 0 Å². The summed E-state index contributed by atoms with van der Waals surface area (Å²) in [6, 6.07) is 1.32. The predicted molar refractivity (Wildman–Crippen MR) is 63.5 cm³/mol. The third-order valence-electron chi connectivity index (χ3n) is 2.66. The van der Waals surface area contributed by atoms with Gasteiger partial charge in [-0.2, -0.15) is 5.10 Å². The summed E-state index contributed by atoms with van der Waals surface area (Å²) in [6.45, 7) is 1.73. The molecule has 19 heavy (non-hydrogen) atoms. The average Bonchev–Trinajstić information content (AvgIpc) is 2.93. The Hall–Kier alpha value is -2.45. The van der Waals surface area contributed by atoms with Crippen LogP contribution in [0, 0.1) is 0 Å². The topological polar surface area (TPSA) is 108 Å². The van der Waals surface area contributed by atoms with Crippen molar-refractivity contribution in [3.05, 3.63) is 6.07 Å². The zero-order valence-electron chi connectivity index (χ0n) is 10.8. The Labute approximate surface area is 108 Å². The quantitative estimate of drug-likeness (QED) is 0.818. The van der Waals surface area contributed by atoms with Crippen LogP contribution in [0.2, 0.25) is 0 Å². The van der Waals surface area contributed by atoms with Gasteiger partial charge < -0.3 is 9.84 Å². The first-order chi connectivity index (χ1) is 9.02. The minimum atomic E-state index is -0.910. The molecule has 0 fully saturated rings. The Kier molecular flexibility index (Phi) is 3.45. The predicted octanol–water partition coefficient (Wildman–Crippen LogP) is 0.118. The second-order valence-electron chi connectivity index (χ2n) is 4.09. The number of aryl methyl sites for hydroxylation is 1. The molecule has 2 heterocycles. The van der Waals surface area contributed by atoms with Gasteiger partial charge in [-0.25, -0.2) is 9.36 Å². The van der Waals surface area contributed by atoms with Crippen LogP contribution in [-0.2, 0) is 11.8 Å². The normalized spacial score (nSPS) is 12.4. The van der Waals surface area contributed by atoms with Gasteiger partial charge in [0.15, 0.2) is 0 Å². The summed E-state index contributed by atoms with van der Waals surface area (Å²) in [4.78, 5) is 10.7. The van der Waals surface area contributed by atoms with E-state index in [-0.39, 0.29) is 12.5 Å². The van der Waals surface area contributed by atoms with Gasteiger partial charge in [-0.1, -0.05) is 0 Å². The maximum atomic E-state index is 10.7. The molecule has 0 spiro atoms. The van der Waals surface area contributed by atoms with Gasteiger partial charge in [0, 0.05) is 13.1 Å². The first-order valence-corrected chi connectivity index (χ1v) is 5.61. The van der Waals surface area contributed by atoms with Gasteiger partial charge in [0.05, 0.1) is 19.6 Å². The van der Waals surface area contributed by atoms with Gasteiger partial charge in [0.25, 0.3) is 0 Å². The molecule has 0 bridgehead atoms. The van der Waals surface area contributed by atoms with Crippen LogP contribution in [0.4, 0.5) is 0 Å². The number of carbonyl (C=O) groups is 1. The standard InChI is InChI=1S/C10H14N6O3/c1-6(4-9(17)18)16-10(11-13-14-16)7-5-8(19-3)15(2)12-7/h5-6H,4H2,1-3H3,(H,17,18). The molecule has 2 rings (SSSR count). The van der Waals surface area contributed by atoms with Crippen LogP contribution in [0.1, 0.15) is 19.4 Å². The van der Waals surface area contributed by atoms with Crippen molar-refractivity contribution in [1.29, 1.82) is 0 Å². The largest absolute Gasteiger partial charge is 0.481 e. The second kappa shape index (κ2) is 5.04. The minimum absolute atomic E-state index is 0.0675. The van der Waals surface area contributed by atoms with Crippen LogP contribution in [0.5, 0.6) is 5.88 Å². The Bertz CT molecular complexity index is 590. The fraction of sp³-hybridized carbons (Fsp3) is 0.500. The molecule has 0 saturated heterocycles. The van der Waals surface area contributed by atoms with Gasteiger partial charge in [-0.3, -0.25) is 4.79 Å². The molecular weight excluding hydrogens is 252 g/mol. The summed E-state index contributed by atoms with van der Waals surface area (Å²) in [5.74, 6) is 0.0654. The van der Waals surface area contributed by atoms with Gasteiger partial charge >= 0.3 is 5.97 Å². The molecule has 0 saturated carbocycles. The Morgan fingerprint density at radius 2 is 2.32 bits per heavy atom. The van der Waals surface area contributed by atoms with Crippen molar-refractivity contribution in [2.45, 2.75) is 19.4 Å². The lowest BCUT2D eigenvalue weighted by atomic mass is 10.2. The Morgan fingerprint density at radius 1 is 1.58 bits per heavy atom. The van der Waals surface area contributed by atoms with Crippen LogP contribution in [0.15, 0.2) is 6.07 Å². The van der Waals surface area contributed by atoms with Gasteiger partial charge in [0.1, 0.15) is 5.69 Å². The second-order valence-corrected chi connectivity index (χ2v) is 4.09. The molecule has 9 heteroatoms. The summed E-state index contributed by atoms with van der Waals surface area (Å²) >= 11 is 0. The lowest BCUT2D eigenvalue weighted by Crippen LogP contribution is -2.13.